The molecule has 0 aliphatic carbocycles. The molecule has 714 valence electrons. The number of carbonyl (C=O) groups excluding carboxylic acids is 6. The van der Waals surface area contributed by atoms with Crippen molar-refractivity contribution in [2.24, 2.45) is 5.41 Å². The van der Waals surface area contributed by atoms with Gasteiger partial charge in [-0.1, -0.05) is 388 Å². The fourth-order valence-corrected chi connectivity index (χ4v) is 17.3. The molecular weight excluding hydrogens is 1580 g/mol. The van der Waals surface area contributed by atoms with Gasteiger partial charge in [0.1, 0.15) is 36.6 Å². The third-order valence-corrected chi connectivity index (χ3v) is 24.9. The molecule has 1 rings (SSSR count). The molecule has 1 aliphatic heterocycles. The van der Waals surface area contributed by atoms with Crippen molar-refractivity contribution in [1.29, 1.82) is 0 Å². The Kier molecular flexibility index (Phi) is 75.8. The van der Waals surface area contributed by atoms with Gasteiger partial charge in [-0.15, -0.1) is 0 Å². The molecule has 7 N–H and O–H groups in total. The average molecular weight is 1760 g/mol. The molecule has 1 heterocycles. The predicted octanol–water partition coefficient (Wildman–Crippen LogP) is 24.3. The highest BCUT2D eigenvalue weighted by molar-refractivity contribution is 7.51. The molecule has 2 amide bonds. The minimum Gasteiger partial charge on any atom is -0.462 e. The molecular formula is C96H184N2O21P2. The van der Waals surface area contributed by atoms with Crippen LogP contribution >= 0.6 is 15.4 Å². The van der Waals surface area contributed by atoms with Crippen molar-refractivity contribution >= 4 is 51.1 Å². The molecule has 0 saturated carbocycles. The van der Waals surface area contributed by atoms with E-state index in [-0.39, 0.29) is 32.1 Å². The van der Waals surface area contributed by atoms with Crippen LogP contribution in [0, 0.1) is 5.41 Å². The fraction of sp³-hybridized carbons (Fsp3) is 0.938. The molecule has 25 heteroatoms. The number of unbranched alkanes of at least 4 members (excludes halogenated alkanes) is 54. The second kappa shape index (κ2) is 79.1. The molecule has 23 nitrogen and oxygen atoms in total. The molecule has 10 atom stereocenters. The number of ether oxygens (including phenoxy) is 6. The molecule has 0 aromatic heterocycles. The Hall–Kier alpha value is -3.08. The van der Waals surface area contributed by atoms with E-state index in [4.69, 9.17) is 37.5 Å². The van der Waals surface area contributed by atoms with E-state index in [0.717, 1.165) is 193 Å². The lowest BCUT2D eigenvalue weighted by molar-refractivity contribution is -0.278. The van der Waals surface area contributed by atoms with Gasteiger partial charge in [-0.2, -0.15) is 0 Å². The average Bonchev–Trinajstić information content (AvgIpc) is 0.776. The number of rotatable bonds is 89. The first kappa shape index (κ1) is 116. The predicted molar refractivity (Wildman–Crippen MR) is 487 cm³/mol. The number of amides is 2. The topological polar surface area (TPSA) is 336 Å². The van der Waals surface area contributed by atoms with Gasteiger partial charge in [0.15, 0.2) is 12.4 Å². The van der Waals surface area contributed by atoms with Crippen LogP contribution in [0.1, 0.15) is 485 Å². The summed E-state index contributed by atoms with van der Waals surface area (Å²) < 4.78 is 74.9. The molecule has 1 fully saturated rings. The van der Waals surface area contributed by atoms with Crippen LogP contribution in [0.3, 0.4) is 0 Å². The zero-order valence-corrected chi connectivity index (χ0v) is 79.9. The van der Waals surface area contributed by atoms with Crippen molar-refractivity contribution in [3.63, 3.8) is 0 Å². The summed E-state index contributed by atoms with van der Waals surface area (Å²) in [6.45, 7) is 10.3. The number of aliphatic hydroxyl groups excluding tert-OH is 2. The van der Waals surface area contributed by atoms with Gasteiger partial charge in [-0.05, 0) is 57.8 Å². The third-order valence-electron chi connectivity index (χ3n) is 23.8. The van der Waals surface area contributed by atoms with Crippen molar-refractivity contribution in [3.05, 3.63) is 0 Å². The van der Waals surface area contributed by atoms with Crippen molar-refractivity contribution in [3.8, 4) is 0 Å². The van der Waals surface area contributed by atoms with Crippen molar-refractivity contribution < 1.29 is 100 Å². The maximum Gasteiger partial charge on any atom is 0.470 e. The highest BCUT2D eigenvalue weighted by Gasteiger charge is 2.53. The number of aliphatic hydroxyl groups is 2. The molecule has 0 aromatic carbocycles. The summed E-state index contributed by atoms with van der Waals surface area (Å²) in [7, 11) is -9.97. The Morgan fingerprint density at radius 2 is 0.661 bits per heavy atom. The summed E-state index contributed by atoms with van der Waals surface area (Å²) in [4.78, 5) is 118. The number of nitrogens with one attached hydrogen (secondary N) is 2. The zero-order valence-electron chi connectivity index (χ0n) is 78.1. The summed E-state index contributed by atoms with van der Waals surface area (Å²) in [5.41, 5.74) is -1.83. The highest BCUT2D eigenvalue weighted by Crippen LogP contribution is 2.44. The summed E-state index contributed by atoms with van der Waals surface area (Å²) in [6.07, 6.45) is 53.5. The summed E-state index contributed by atoms with van der Waals surface area (Å²) in [5.74, 6) is -3.78. The van der Waals surface area contributed by atoms with Gasteiger partial charge >= 0.3 is 39.3 Å². The largest absolute Gasteiger partial charge is 0.470 e. The lowest BCUT2D eigenvalue weighted by atomic mass is 9.90. The normalized spacial score (nSPS) is 17.3. The Balaban J connectivity index is 4.00. The number of phosphoric acid groups is 1. The van der Waals surface area contributed by atoms with Crippen molar-refractivity contribution in [1.82, 2.24) is 10.6 Å². The van der Waals surface area contributed by atoms with Gasteiger partial charge in [0.05, 0.1) is 51.1 Å². The molecule has 1 saturated heterocycles. The number of hydrogen-bond acceptors (Lipinski definition) is 18. The van der Waals surface area contributed by atoms with Gasteiger partial charge in [-0.25, -0.2) is 4.57 Å². The van der Waals surface area contributed by atoms with E-state index in [2.05, 4.69) is 52.2 Å². The number of esters is 4. The number of carbonyl (C=O) groups is 6. The van der Waals surface area contributed by atoms with E-state index < -0.39 is 151 Å². The van der Waals surface area contributed by atoms with E-state index in [0.29, 0.717) is 51.4 Å². The van der Waals surface area contributed by atoms with Crippen LogP contribution in [0.4, 0.5) is 0 Å². The van der Waals surface area contributed by atoms with Crippen LogP contribution in [0.2, 0.25) is 0 Å². The van der Waals surface area contributed by atoms with Gasteiger partial charge in [-0.3, -0.25) is 37.9 Å². The molecule has 0 radical (unpaired) electrons. The van der Waals surface area contributed by atoms with Crippen molar-refractivity contribution in [2.45, 2.75) is 534 Å². The second-order valence-electron chi connectivity index (χ2n) is 35.8. The molecule has 0 spiro atoms. The van der Waals surface area contributed by atoms with E-state index in [1.165, 1.54) is 161 Å². The third kappa shape index (κ3) is 68.7. The van der Waals surface area contributed by atoms with Gasteiger partial charge < -0.3 is 68.5 Å². The van der Waals surface area contributed by atoms with Crippen LogP contribution in [0.5, 0.6) is 0 Å². The second-order valence-corrected chi connectivity index (χ2v) is 38.9. The van der Waals surface area contributed by atoms with Crippen LogP contribution in [0.25, 0.3) is 0 Å². The standard InChI is InChI=1S/C96H184N2O21P2/c1-8-14-20-26-32-38-41-47-53-59-65-71-88(103)114-82(68-62-56-50-44-35-29-23-17-11-4)74-86(101)97-78-96(79-100,81-113-120(7,107)108)80-112-95-92(98-87(102)75-83(69-63-57-51-45-36-30-24-18-12-5)115-89(104)72-66-60-54-48-42-39-33-27-21-15-9-2)94(93(85(77-99)117-95)119-121(109,110)111)118-91(106)76-84(70-64-58-52-46-37-31-25-19-13-6)116-90(105)73-67-61-55-49-43-40-34-28-22-16-10-3/h82-85,92-95,99-100H,8-81H2,1-7H3,(H,97,101)(H,98,102)(H,107,108)(H2,109,110,111)/t82-,83-,84-,85?,92?,93-,94-,95-,96?/m1/s1. The molecule has 0 bridgehead atoms. The van der Waals surface area contributed by atoms with E-state index in [1.807, 2.05) is 0 Å². The number of phosphoric ester groups is 1. The SMILES string of the molecule is CCCCCCCCCCCCCC(=O)O[C@H](CCCCCCCCCCC)CC(=O)NCC(CO)(CO[C@@H]1OC(CO)[C@@H](OP(=O)(O)O)[C@H](OC(=O)C[C@@H](CCCCCCCCCCC)OC(=O)CCCCCCCCCCCCC)C1NC(=O)C[C@@H](CCCCCCCCCCC)OC(=O)CCCCCCCCCCCCC)COP(C)(=O)O. The lowest BCUT2D eigenvalue weighted by Crippen LogP contribution is -2.67. The summed E-state index contributed by atoms with van der Waals surface area (Å²) >= 11 is 0. The first-order valence-corrected chi connectivity index (χ1v) is 53.6. The quantitative estimate of drug-likeness (QED) is 0.0129. The van der Waals surface area contributed by atoms with E-state index in [1.54, 1.807) is 0 Å². The Labute approximate surface area is 736 Å². The lowest BCUT2D eigenvalue weighted by Gasteiger charge is -2.46. The smallest absolute Gasteiger partial charge is 0.462 e. The van der Waals surface area contributed by atoms with Crippen LogP contribution in [-0.4, -0.2) is 149 Å². The van der Waals surface area contributed by atoms with Gasteiger partial charge in [0.25, 0.3) is 0 Å². The zero-order chi connectivity index (χ0) is 89.0. The fourth-order valence-electron chi connectivity index (χ4n) is 16.2. The van der Waals surface area contributed by atoms with Crippen molar-refractivity contribution in [2.75, 3.05) is 39.6 Å². The molecule has 1 aliphatic rings. The highest BCUT2D eigenvalue weighted by atomic mass is 31.2. The minimum atomic E-state index is -5.61. The molecule has 121 heavy (non-hydrogen) atoms. The first-order valence-electron chi connectivity index (χ1n) is 50.0. The summed E-state index contributed by atoms with van der Waals surface area (Å²) in [5, 5.41) is 28.4. The molecule has 4 unspecified atom stereocenters. The maximum atomic E-state index is 15.2. The van der Waals surface area contributed by atoms with E-state index >= 15 is 4.79 Å². The van der Waals surface area contributed by atoms with Gasteiger partial charge in [0, 0.05) is 32.5 Å². The van der Waals surface area contributed by atoms with E-state index in [9.17, 15) is 58.0 Å². The first-order chi connectivity index (χ1) is 58.5. The molecule has 0 aromatic rings. The monoisotopic (exact) mass is 1760 g/mol. The van der Waals surface area contributed by atoms with Gasteiger partial charge in [0.2, 0.25) is 11.8 Å². The minimum absolute atomic E-state index is 0.117. The Morgan fingerprint density at radius 1 is 0.372 bits per heavy atom. The Bertz CT molecular complexity index is 2580. The summed E-state index contributed by atoms with van der Waals surface area (Å²) in [6, 6.07) is -1.81. The van der Waals surface area contributed by atoms with Crippen LogP contribution in [0.15, 0.2) is 0 Å². The Morgan fingerprint density at radius 3 is 0.950 bits per heavy atom. The van der Waals surface area contributed by atoms with Crippen LogP contribution in [-0.2, 0) is 75.4 Å². The van der Waals surface area contributed by atoms with Crippen LogP contribution < -0.4 is 10.6 Å². The maximum absolute atomic E-state index is 15.2. The number of hydrogen-bond donors (Lipinski definition) is 7.